The number of rotatable bonds is 12. The Hall–Kier alpha value is -2.52. The first-order chi connectivity index (χ1) is 19.5. The Morgan fingerprint density at radius 1 is 1.10 bits per heavy atom. The van der Waals surface area contributed by atoms with Gasteiger partial charge in [-0.25, -0.2) is 13.2 Å². The highest BCUT2D eigenvalue weighted by molar-refractivity contribution is 7.89. The van der Waals surface area contributed by atoms with Crippen molar-refractivity contribution >= 4 is 28.7 Å². The van der Waals surface area contributed by atoms with E-state index in [0.717, 1.165) is 12.0 Å². The van der Waals surface area contributed by atoms with Crippen LogP contribution in [0.3, 0.4) is 0 Å². The van der Waals surface area contributed by atoms with Crippen molar-refractivity contribution in [2.75, 3.05) is 32.9 Å². The lowest BCUT2D eigenvalue weighted by molar-refractivity contribution is -0.102. The van der Waals surface area contributed by atoms with Gasteiger partial charge in [-0.3, -0.25) is 0 Å². The summed E-state index contributed by atoms with van der Waals surface area (Å²) in [6, 6.07) is 13.7. The van der Waals surface area contributed by atoms with E-state index in [4.69, 9.17) is 14.2 Å². The molecule has 224 valence electrons. The summed E-state index contributed by atoms with van der Waals surface area (Å²) in [6.07, 6.45) is -1.59. The minimum absolute atomic E-state index is 0.0389. The lowest BCUT2D eigenvalue weighted by Crippen LogP contribution is -2.52. The third kappa shape index (κ3) is 8.28. The van der Waals surface area contributed by atoms with E-state index in [1.807, 2.05) is 44.2 Å². The topological polar surface area (TPSA) is 155 Å². The molecule has 0 spiro atoms. The van der Waals surface area contributed by atoms with Crippen molar-refractivity contribution in [2.24, 2.45) is 11.8 Å². The number of nitrogens with one attached hydrogen (secondary N) is 1. The van der Waals surface area contributed by atoms with E-state index in [1.54, 1.807) is 0 Å². The van der Waals surface area contributed by atoms with E-state index < -0.39 is 41.5 Å². The molecule has 5 atom stereocenters. The Bertz CT molecular complexity index is 1230. The second kappa shape index (κ2) is 14.1. The highest BCUT2D eigenvalue weighted by atomic mass is 32.2. The fourth-order valence-electron chi connectivity index (χ4n) is 5.26. The molecule has 2 aromatic carbocycles. The number of carbonyl (C=O) groups excluding carboxylic acids is 1. The normalized spacial score (nSPS) is 22.3. The number of carbonyl (C=O) groups is 1. The molecule has 0 aromatic heterocycles. The van der Waals surface area contributed by atoms with Crippen molar-refractivity contribution in [3.63, 3.8) is 0 Å². The van der Waals surface area contributed by atoms with Crippen molar-refractivity contribution < 1.29 is 42.6 Å². The van der Waals surface area contributed by atoms with Gasteiger partial charge in [0.25, 0.3) is 0 Å². The predicted octanol–water partition coefficient (Wildman–Crippen LogP) is 0.515. The van der Waals surface area contributed by atoms with Crippen LogP contribution in [0.4, 0.5) is 4.79 Å². The summed E-state index contributed by atoms with van der Waals surface area (Å²) in [7, 11) is -5.79. The van der Waals surface area contributed by atoms with Gasteiger partial charge in [0.2, 0.25) is 10.0 Å². The number of nitrogens with zero attached hydrogens (tertiary/aromatic N) is 1. The van der Waals surface area contributed by atoms with Crippen LogP contribution in [-0.4, -0.2) is 98.4 Å². The van der Waals surface area contributed by atoms with Crippen molar-refractivity contribution in [3.8, 4) is 0 Å². The lowest BCUT2D eigenvalue weighted by atomic mass is 9.81. The molecule has 1 amide bonds. The van der Waals surface area contributed by atoms with E-state index in [0.29, 0.717) is 13.2 Å². The molecule has 2 aliphatic heterocycles. The average molecular weight is 591 g/mol. The lowest BCUT2D eigenvalue weighted by Gasteiger charge is -2.33. The van der Waals surface area contributed by atoms with Crippen LogP contribution in [0, 0.1) is 11.8 Å². The fraction of sp³-hybridized carbons (Fsp3) is 0.536. The minimum Gasteiger partial charge on any atom is -0.443 e. The van der Waals surface area contributed by atoms with Gasteiger partial charge in [-0.05, 0) is 41.9 Å². The molecule has 41 heavy (non-hydrogen) atoms. The number of hydrogen-bond donors (Lipinski definition) is 4. The second-order valence-electron chi connectivity index (χ2n) is 11.0. The predicted molar refractivity (Wildman–Crippen MR) is 152 cm³/mol. The van der Waals surface area contributed by atoms with Crippen LogP contribution in [0.25, 0.3) is 0 Å². The molecular weight excluding hydrogens is 551 g/mol. The first kappa shape index (κ1) is 31.4. The number of benzene rings is 2. The number of ether oxygens (including phenoxy) is 3. The highest BCUT2D eigenvalue weighted by Crippen LogP contribution is 2.30. The van der Waals surface area contributed by atoms with E-state index in [1.165, 1.54) is 28.6 Å². The third-order valence-electron chi connectivity index (χ3n) is 7.40. The van der Waals surface area contributed by atoms with Gasteiger partial charge >= 0.3 is 13.2 Å². The Labute approximate surface area is 241 Å². The molecule has 13 heteroatoms. The summed E-state index contributed by atoms with van der Waals surface area (Å²) in [5.74, 6) is -0.0223. The van der Waals surface area contributed by atoms with Gasteiger partial charge in [0, 0.05) is 25.6 Å². The molecule has 4 N–H and O–H groups in total. The monoisotopic (exact) mass is 590 g/mol. The van der Waals surface area contributed by atoms with E-state index in [9.17, 15) is 28.4 Å². The Balaban J connectivity index is 1.51. The van der Waals surface area contributed by atoms with Crippen molar-refractivity contribution in [1.29, 1.82) is 0 Å². The van der Waals surface area contributed by atoms with Crippen molar-refractivity contribution in [1.82, 2.24) is 9.62 Å². The maximum Gasteiger partial charge on any atom is 0.488 e. The number of fused-ring (bicyclic) bond motifs is 1. The molecule has 2 aromatic rings. The average Bonchev–Trinajstić information content (AvgIpc) is 3.43. The Morgan fingerprint density at radius 3 is 2.46 bits per heavy atom. The second-order valence-corrected chi connectivity index (χ2v) is 12.9. The SMILES string of the molecule is CC(C)CN(C[C@@H](O)[C@H](Cc1ccccc1)NC(=O)O[C@H]1COC[C@H]2OCC[C@@H]12)S(=O)(=O)c1ccc(B(O)O)cc1. The summed E-state index contributed by atoms with van der Waals surface area (Å²) in [5, 5.41) is 32.9. The number of aliphatic hydroxyl groups is 1. The number of amides is 1. The molecule has 2 fully saturated rings. The zero-order valence-electron chi connectivity index (χ0n) is 23.3. The van der Waals surface area contributed by atoms with Crippen LogP contribution < -0.4 is 10.8 Å². The zero-order valence-corrected chi connectivity index (χ0v) is 24.2. The number of aliphatic hydroxyl groups excluding tert-OH is 1. The number of alkyl carbamates (subject to hydrolysis) is 1. The largest absolute Gasteiger partial charge is 0.488 e. The Morgan fingerprint density at radius 2 is 1.80 bits per heavy atom. The van der Waals surface area contributed by atoms with Crippen LogP contribution in [-0.2, 0) is 30.7 Å². The molecule has 2 saturated heterocycles. The quantitative estimate of drug-likeness (QED) is 0.259. The standard InChI is InChI=1S/C28H39BN2O9S/c1-19(2)15-31(41(36,37)22-10-8-21(9-11-22)29(34)35)16-25(32)24(14-20-6-4-3-5-7-20)30-28(33)40-27-18-38-17-26-23(27)12-13-39-26/h3-11,19,23-27,32,34-35H,12-18H2,1-2H3,(H,30,33)/t23-,24+,25-,26-,27+/m1/s1. The van der Waals surface area contributed by atoms with E-state index in [-0.39, 0.29) is 54.4 Å². The van der Waals surface area contributed by atoms with Gasteiger partial charge in [-0.2, -0.15) is 4.31 Å². The molecule has 0 saturated carbocycles. The van der Waals surface area contributed by atoms with Crippen molar-refractivity contribution in [3.05, 3.63) is 60.2 Å². The molecule has 11 nitrogen and oxygen atoms in total. The molecule has 2 aliphatic rings. The van der Waals surface area contributed by atoms with Crippen LogP contribution >= 0.6 is 0 Å². The third-order valence-corrected chi connectivity index (χ3v) is 9.25. The Kier molecular flexibility index (Phi) is 10.8. The van der Waals surface area contributed by atoms with Crippen LogP contribution in [0.2, 0.25) is 0 Å². The highest BCUT2D eigenvalue weighted by Gasteiger charge is 2.41. The fourth-order valence-corrected chi connectivity index (χ4v) is 6.88. The van der Waals surface area contributed by atoms with Gasteiger partial charge < -0.3 is 34.7 Å². The maximum absolute atomic E-state index is 13.6. The molecule has 0 unspecified atom stereocenters. The summed E-state index contributed by atoms with van der Waals surface area (Å²) in [5.41, 5.74) is 1.00. The van der Waals surface area contributed by atoms with Crippen LogP contribution in [0.1, 0.15) is 25.8 Å². The molecule has 0 radical (unpaired) electrons. The van der Waals surface area contributed by atoms with Gasteiger partial charge in [-0.1, -0.05) is 56.3 Å². The molecule has 0 bridgehead atoms. The molecule has 4 rings (SSSR count). The summed E-state index contributed by atoms with van der Waals surface area (Å²) >= 11 is 0. The summed E-state index contributed by atoms with van der Waals surface area (Å²) in [6.45, 7) is 4.87. The summed E-state index contributed by atoms with van der Waals surface area (Å²) < 4.78 is 45.3. The van der Waals surface area contributed by atoms with Crippen LogP contribution in [0.15, 0.2) is 59.5 Å². The number of sulfonamides is 1. The minimum atomic E-state index is -4.07. The van der Waals surface area contributed by atoms with Crippen LogP contribution in [0.5, 0.6) is 0 Å². The van der Waals surface area contributed by atoms with E-state index in [2.05, 4.69) is 5.32 Å². The van der Waals surface area contributed by atoms with Gasteiger partial charge in [0.05, 0.1) is 36.4 Å². The first-order valence-corrected chi connectivity index (χ1v) is 15.3. The first-order valence-electron chi connectivity index (χ1n) is 13.9. The number of hydrogen-bond acceptors (Lipinski definition) is 9. The van der Waals surface area contributed by atoms with Gasteiger partial charge in [-0.15, -0.1) is 0 Å². The van der Waals surface area contributed by atoms with E-state index >= 15 is 0 Å². The molecule has 0 aliphatic carbocycles. The van der Waals surface area contributed by atoms with Crippen molar-refractivity contribution in [2.45, 2.75) is 55.9 Å². The maximum atomic E-state index is 13.6. The molecular formula is C28H39BN2O9S. The smallest absolute Gasteiger partial charge is 0.443 e. The van der Waals surface area contributed by atoms with Gasteiger partial charge in [0.1, 0.15) is 6.10 Å². The molecule has 2 heterocycles. The zero-order chi connectivity index (χ0) is 29.6. The summed E-state index contributed by atoms with van der Waals surface area (Å²) in [4.78, 5) is 13.0. The van der Waals surface area contributed by atoms with Gasteiger partial charge in [0.15, 0.2) is 0 Å².